The minimum atomic E-state index is -0.144. The molecule has 0 fully saturated rings. The molecule has 0 bridgehead atoms. The van der Waals surface area contributed by atoms with Crippen LogP contribution in [0.15, 0.2) is 6.08 Å². The first kappa shape index (κ1) is 17.7. The number of hydrogen-bond acceptors (Lipinski definition) is 4. The number of halogens is 1. The Morgan fingerprint density at radius 2 is 2.24 bits per heavy atom. The van der Waals surface area contributed by atoms with Crippen LogP contribution in [0.3, 0.4) is 0 Å². The van der Waals surface area contributed by atoms with Crippen LogP contribution < -0.4 is 5.32 Å². The minimum Gasteiger partial charge on any atom is -0.383 e. The second kappa shape index (κ2) is 8.81. The zero-order chi connectivity index (χ0) is 15.8. The molecule has 0 atom stereocenters. The van der Waals surface area contributed by atoms with Gasteiger partial charge in [0.15, 0.2) is 0 Å². The molecule has 7 heteroatoms. The molecule has 1 aromatic heterocycles. The van der Waals surface area contributed by atoms with Gasteiger partial charge in [0, 0.05) is 45.4 Å². The summed E-state index contributed by atoms with van der Waals surface area (Å²) in [7, 11) is 5.42. The Balaban J connectivity index is 2.38. The van der Waals surface area contributed by atoms with Gasteiger partial charge in [-0.3, -0.25) is 9.48 Å². The van der Waals surface area contributed by atoms with Gasteiger partial charge in [-0.05, 0) is 20.0 Å². The summed E-state index contributed by atoms with van der Waals surface area (Å²) >= 11 is 6.09. The molecular weight excluding hydrogens is 292 g/mol. The van der Waals surface area contributed by atoms with Crippen LogP contribution in [-0.2, 0) is 16.6 Å². The Kier molecular flexibility index (Phi) is 7.42. The summed E-state index contributed by atoms with van der Waals surface area (Å²) in [5, 5.41) is 7.54. The topological polar surface area (TPSA) is 59.4 Å². The first-order valence-corrected chi connectivity index (χ1v) is 7.16. The quantitative estimate of drug-likeness (QED) is 0.730. The molecule has 0 radical (unpaired) electrons. The molecule has 0 saturated carbocycles. The standard InChI is InChI=1S/C14H23ClN4O2/c1-11-12(14(15)19(3)17-11)5-6-13(20)16-7-8-18(2)9-10-21-4/h5-6H,7-10H2,1-4H3,(H,16,20). The highest BCUT2D eigenvalue weighted by molar-refractivity contribution is 6.31. The van der Waals surface area contributed by atoms with Crippen molar-refractivity contribution >= 4 is 23.6 Å². The van der Waals surface area contributed by atoms with Crippen molar-refractivity contribution in [2.24, 2.45) is 7.05 Å². The summed E-state index contributed by atoms with van der Waals surface area (Å²) in [4.78, 5) is 13.8. The molecule has 1 heterocycles. The van der Waals surface area contributed by atoms with Gasteiger partial charge in [-0.25, -0.2) is 0 Å². The van der Waals surface area contributed by atoms with Gasteiger partial charge in [0.2, 0.25) is 5.91 Å². The van der Waals surface area contributed by atoms with Crippen molar-refractivity contribution in [3.05, 3.63) is 22.5 Å². The van der Waals surface area contributed by atoms with Gasteiger partial charge in [-0.1, -0.05) is 11.6 Å². The van der Waals surface area contributed by atoms with Crippen molar-refractivity contribution < 1.29 is 9.53 Å². The smallest absolute Gasteiger partial charge is 0.244 e. The van der Waals surface area contributed by atoms with E-state index in [0.29, 0.717) is 18.3 Å². The van der Waals surface area contributed by atoms with Crippen LogP contribution in [0.1, 0.15) is 11.3 Å². The second-order valence-corrected chi connectivity index (χ2v) is 5.19. The maximum Gasteiger partial charge on any atom is 0.244 e. The van der Waals surface area contributed by atoms with Gasteiger partial charge < -0.3 is 15.0 Å². The molecule has 0 saturated heterocycles. The number of carbonyl (C=O) groups is 1. The molecule has 21 heavy (non-hydrogen) atoms. The van der Waals surface area contributed by atoms with Crippen molar-refractivity contribution in [1.29, 1.82) is 0 Å². The fraction of sp³-hybridized carbons (Fsp3) is 0.571. The van der Waals surface area contributed by atoms with E-state index < -0.39 is 0 Å². The summed E-state index contributed by atoms with van der Waals surface area (Å²) < 4.78 is 6.57. The number of nitrogens with zero attached hydrogens (tertiary/aromatic N) is 3. The van der Waals surface area contributed by atoms with Crippen LogP contribution in [0.4, 0.5) is 0 Å². The number of amides is 1. The molecule has 118 valence electrons. The van der Waals surface area contributed by atoms with E-state index in [1.807, 2.05) is 14.0 Å². The van der Waals surface area contributed by atoms with E-state index in [4.69, 9.17) is 16.3 Å². The van der Waals surface area contributed by atoms with E-state index in [-0.39, 0.29) is 5.91 Å². The van der Waals surface area contributed by atoms with Crippen LogP contribution in [-0.4, -0.2) is 61.0 Å². The predicted molar refractivity (Wildman–Crippen MR) is 84.4 cm³/mol. The van der Waals surface area contributed by atoms with Gasteiger partial charge in [-0.2, -0.15) is 5.10 Å². The first-order valence-electron chi connectivity index (χ1n) is 6.78. The van der Waals surface area contributed by atoms with Gasteiger partial charge in [-0.15, -0.1) is 0 Å². The maximum absolute atomic E-state index is 11.7. The molecule has 1 amide bonds. The lowest BCUT2D eigenvalue weighted by Gasteiger charge is -2.15. The second-order valence-electron chi connectivity index (χ2n) is 4.83. The van der Waals surface area contributed by atoms with Crippen LogP contribution in [0, 0.1) is 6.92 Å². The zero-order valence-corrected chi connectivity index (χ0v) is 13.8. The Morgan fingerprint density at radius 3 is 2.81 bits per heavy atom. The third kappa shape index (κ3) is 5.87. The predicted octanol–water partition coefficient (Wildman–Crippen LogP) is 1.09. The number of rotatable bonds is 8. The first-order chi connectivity index (χ1) is 9.95. The van der Waals surface area contributed by atoms with E-state index in [0.717, 1.165) is 24.3 Å². The molecule has 1 N–H and O–H groups in total. The van der Waals surface area contributed by atoms with E-state index in [1.165, 1.54) is 6.08 Å². The highest BCUT2D eigenvalue weighted by Gasteiger charge is 2.08. The molecule has 0 unspecified atom stereocenters. The lowest BCUT2D eigenvalue weighted by atomic mass is 10.2. The van der Waals surface area contributed by atoms with Crippen LogP contribution >= 0.6 is 11.6 Å². The summed E-state index contributed by atoms with van der Waals surface area (Å²) in [6, 6.07) is 0. The molecule has 0 aliphatic heterocycles. The van der Waals surface area contributed by atoms with Gasteiger partial charge >= 0.3 is 0 Å². The number of nitrogens with one attached hydrogen (secondary N) is 1. The molecule has 0 aliphatic rings. The summed E-state index contributed by atoms with van der Waals surface area (Å²) in [6.45, 7) is 4.74. The summed E-state index contributed by atoms with van der Waals surface area (Å²) in [5.41, 5.74) is 1.57. The number of ether oxygens (including phenoxy) is 1. The summed E-state index contributed by atoms with van der Waals surface area (Å²) in [5.74, 6) is -0.144. The highest BCUT2D eigenvalue weighted by Crippen LogP contribution is 2.19. The lowest BCUT2D eigenvalue weighted by molar-refractivity contribution is -0.116. The van der Waals surface area contributed by atoms with E-state index in [9.17, 15) is 4.79 Å². The Morgan fingerprint density at radius 1 is 1.52 bits per heavy atom. The van der Waals surface area contributed by atoms with Gasteiger partial charge in [0.1, 0.15) is 5.15 Å². The van der Waals surface area contributed by atoms with Crippen molar-refractivity contribution in [3.63, 3.8) is 0 Å². The van der Waals surface area contributed by atoms with Gasteiger partial charge in [0.25, 0.3) is 0 Å². The van der Waals surface area contributed by atoms with Crippen molar-refractivity contribution in [3.8, 4) is 0 Å². The molecule has 0 spiro atoms. The van der Waals surface area contributed by atoms with Crippen LogP contribution in [0.5, 0.6) is 0 Å². The number of methoxy groups -OCH3 is 1. The molecule has 0 aromatic carbocycles. The van der Waals surface area contributed by atoms with Crippen molar-refractivity contribution in [1.82, 2.24) is 20.0 Å². The largest absolute Gasteiger partial charge is 0.383 e. The molecule has 6 nitrogen and oxygen atoms in total. The monoisotopic (exact) mass is 314 g/mol. The summed E-state index contributed by atoms with van der Waals surface area (Å²) in [6.07, 6.45) is 3.17. The Hall–Kier alpha value is -1.37. The fourth-order valence-corrected chi connectivity index (χ4v) is 2.02. The number of aryl methyl sites for hydroxylation is 2. The fourth-order valence-electron chi connectivity index (χ4n) is 1.78. The van der Waals surface area contributed by atoms with E-state index in [1.54, 1.807) is 24.9 Å². The molecule has 1 aromatic rings. The van der Waals surface area contributed by atoms with E-state index in [2.05, 4.69) is 15.3 Å². The number of carbonyl (C=O) groups excluding carboxylic acids is 1. The Bertz CT molecular complexity index is 499. The van der Waals surface area contributed by atoms with Gasteiger partial charge in [0.05, 0.1) is 12.3 Å². The molecule has 0 aliphatic carbocycles. The zero-order valence-electron chi connectivity index (χ0n) is 13.0. The minimum absolute atomic E-state index is 0.144. The number of likely N-dealkylation sites (N-methyl/N-ethyl adjacent to an activating group) is 1. The van der Waals surface area contributed by atoms with Crippen molar-refractivity contribution in [2.75, 3.05) is 40.4 Å². The number of aromatic nitrogens is 2. The molecule has 1 rings (SSSR count). The number of hydrogen-bond donors (Lipinski definition) is 1. The average molecular weight is 315 g/mol. The van der Waals surface area contributed by atoms with Crippen LogP contribution in [0.2, 0.25) is 5.15 Å². The average Bonchev–Trinajstić information content (AvgIpc) is 2.68. The maximum atomic E-state index is 11.7. The third-order valence-electron chi connectivity index (χ3n) is 3.07. The van der Waals surface area contributed by atoms with Crippen molar-refractivity contribution in [2.45, 2.75) is 6.92 Å². The Labute approximate surface area is 130 Å². The lowest BCUT2D eigenvalue weighted by Crippen LogP contribution is -2.33. The third-order valence-corrected chi connectivity index (χ3v) is 3.52. The van der Waals surface area contributed by atoms with Crippen LogP contribution in [0.25, 0.3) is 6.08 Å². The van der Waals surface area contributed by atoms with E-state index >= 15 is 0 Å². The SMILES string of the molecule is COCCN(C)CCNC(=O)C=Cc1c(C)nn(C)c1Cl. The molecular formula is C14H23ClN4O2. The highest BCUT2D eigenvalue weighted by atomic mass is 35.5. The normalized spacial score (nSPS) is 11.5.